The zero-order chi connectivity index (χ0) is 30.8. The minimum Gasteiger partial charge on any atom is -0.393 e. The summed E-state index contributed by atoms with van der Waals surface area (Å²) < 4.78 is 0. The fraction of sp³-hybridized carbons (Fsp3) is 0.944. The monoisotopic (exact) mass is 612 g/mol. The summed E-state index contributed by atoms with van der Waals surface area (Å²) in [5.41, 5.74) is 13.9. The molecule has 0 unspecified atom stereocenters. The van der Waals surface area contributed by atoms with Gasteiger partial charge in [0.25, 0.3) is 0 Å². The van der Waals surface area contributed by atoms with Crippen LogP contribution in [0.25, 0.3) is 0 Å². The Morgan fingerprint density at radius 1 is 1.02 bits per heavy atom. The number of likely N-dealkylation sites (tertiary alicyclic amines) is 1. The predicted molar refractivity (Wildman–Crippen MR) is 181 cm³/mol. The van der Waals surface area contributed by atoms with Gasteiger partial charge in [-0.05, 0) is 113 Å². The van der Waals surface area contributed by atoms with Crippen molar-refractivity contribution < 1.29 is 5.11 Å². The molecule has 0 amide bonds. The Morgan fingerprint density at radius 2 is 1.70 bits per heavy atom. The molecule has 44 heavy (non-hydrogen) atoms. The second-order valence-corrected chi connectivity index (χ2v) is 16.8. The number of rotatable bonds is 13. The van der Waals surface area contributed by atoms with Crippen molar-refractivity contribution in [2.24, 2.45) is 56.5 Å². The van der Waals surface area contributed by atoms with E-state index in [0.29, 0.717) is 29.5 Å². The number of hydrogen-bond acceptors (Lipinski definition) is 6. The lowest BCUT2D eigenvalue weighted by atomic mass is 9.49. The average Bonchev–Trinajstić information content (AvgIpc) is 3.57. The maximum atomic E-state index is 10.4. The average molecular weight is 612 g/mol. The van der Waals surface area contributed by atoms with Crippen LogP contribution in [0.4, 0.5) is 0 Å². The molecule has 250 valence electrons. The molecule has 7 rings (SSSR count). The lowest BCUT2D eigenvalue weighted by Gasteiger charge is -2.56. The van der Waals surface area contributed by atoms with Crippen LogP contribution in [0.1, 0.15) is 117 Å². The van der Waals surface area contributed by atoms with Crippen LogP contribution in [-0.2, 0) is 0 Å². The molecule has 2 heterocycles. The number of aliphatic imine (C=N–C) groups is 2. The van der Waals surface area contributed by atoms with E-state index < -0.39 is 0 Å². The molecule has 2 aliphatic heterocycles. The summed E-state index contributed by atoms with van der Waals surface area (Å²) in [5, 5.41) is 10.4. The van der Waals surface area contributed by atoms with Crippen molar-refractivity contribution >= 4 is 11.9 Å². The first-order valence-corrected chi connectivity index (χ1v) is 18.7. The van der Waals surface area contributed by atoms with Gasteiger partial charge >= 0.3 is 0 Å². The van der Waals surface area contributed by atoms with E-state index in [1.807, 2.05) is 6.92 Å². The van der Waals surface area contributed by atoms with Gasteiger partial charge in [0, 0.05) is 38.3 Å². The highest BCUT2D eigenvalue weighted by Crippen LogP contribution is 2.60. The number of hydrogen-bond donors (Lipinski definition) is 3. The van der Waals surface area contributed by atoms with E-state index >= 15 is 0 Å². The molecule has 1 saturated heterocycles. The molecule has 6 fully saturated rings. The Bertz CT molecular complexity index is 969. The third kappa shape index (κ3) is 7.53. The molecular weight excluding hydrogens is 546 g/mol. The lowest BCUT2D eigenvalue weighted by Crippen LogP contribution is -2.55. The molecule has 0 aromatic heterocycles. The smallest absolute Gasteiger partial charge is 0.191 e. The van der Waals surface area contributed by atoms with Crippen LogP contribution in [0.2, 0.25) is 0 Å². The first-order chi connectivity index (χ1) is 21.2. The number of aliphatic hydroxyl groups excluding tert-OH is 1. The minimum absolute atomic E-state index is 0.322. The summed E-state index contributed by atoms with van der Waals surface area (Å²) in [6, 6.07) is 1.22. The quantitative estimate of drug-likeness (QED) is 0.199. The van der Waals surface area contributed by atoms with Crippen molar-refractivity contribution in [3.63, 3.8) is 0 Å². The van der Waals surface area contributed by atoms with Crippen molar-refractivity contribution in [1.82, 2.24) is 14.7 Å². The number of guanidine groups is 2. The highest BCUT2D eigenvalue weighted by Gasteiger charge is 2.50. The van der Waals surface area contributed by atoms with Crippen LogP contribution < -0.4 is 11.5 Å². The summed E-state index contributed by atoms with van der Waals surface area (Å²) in [6.45, 7) is 12.1. The maximum absolute atomic E-state index is 10.4. The number of nitrogens with two attached hydrogens (primary N) is 2. The molecule has 5 N–H and O–H groups in total. The van der Waals surface area contributed by atoms with E-state index in [9.17, 15) is 5.11 Å². The summed E-state index contributed by atoms with van der Waals surface area (Å²) in [7, 11) is 0. The number of aliphatic hydroxyl groups is 1. The molecule has 0 aromatic rings. The van der Waals surface area contributed by atoms with E-state index in [0.717, 1.165) is 81.3 Å². The van der Waals surface area contributed by atoms with Crippen molar-refractivity contribution in [2.75, 3.05) is 39.3 Å². The van der Waals surface area contributed by atoms with Crippen LogP contribution >= 0.6 is 0 Å². The summed E-state index contributed by atoms with van der Waals surface area (Å²) in [6.07, 6.45) is 19.3. The van der Waals surface area contributed by atoms with Gasteiger partial charge in [-0.15, -0.1) is 0 Å². The molecule has 8 nitrogen and oxygen atoms in total. The topological polar surface area (TPSA) is 107 Å². The Labute approximate surface area is 268 Å². The molecule has 0 aromatic carbocycles. The van der Waals surface area contributed by atoms with E-state index in [2.05, 4.69) is 33.5 Å². The molecule has 4 bridgehead atoms. The van der Waals surface area contributed by atoms with Crippen molar-refractivity contribution in [3.8, 4) is 0 Å². The van der Waals surface area contributed by atoms with Crippen molar-refractivity contribution in [1.29, 1.82) is 0 Å². The molecule has 0 radical (unpaired) electrons. The Kier molecular flexibility index (Phi) is 10.4. The van der Waals surface area contributed by atoms with Crippen LogP contribution in [0.15, 0.2) is 9.98 Å². The van der Waals surface area contributed by atoms with E-state index in [4.69, 9.17) is 16.5 Å². The van der Waals surface area contributed by atoms with Crippen LogP contribution in [0, 0.1) is 35.0 Å². The molecule has 5 aliphatic carbocycles. The Balaban J connectivity index is 1.20. The molecular formula is C36H65N7O. The Hall–Kier alpha value is -1.54. The van der Waals surface area contributed by atoms with Gasteiger partial charge in [-0.3, -0.25) is 14.9 Å². The minimum atomic E-state index is -0.339. The van der Waals surface area contributed by atoms with Gasteiger partial charge in [0.15, 0.2) is 11.9 Å². The second kappa shape index (κ2) is 14.1. The fourth-order valence-electron chi connectivity index (χ4n) is 10.9. The zero-order valence-corrected chi connectivity index (χ0v) is 28.4. The Morgan fingerprint density at radius 3 is 2.34 bits per heavy atom. The maximum Gasteiger partial charge on any atom is 0.191 e. The standard InChI is InChI=1S/C36H65N7O/c1-25(2)33-21-39-34(37)43(33)23-31-10-7-12-41(31)22-32(17-27-8-5-4-6-9-27)42(13-11-26(3)44)35(38)40-24-36-18-28-14-29(19-36)16-30(15-28)20-36/h25-33,44H,4-24H2,1-3H3,(H2,37,39)(H2,38,40)/t26-,28?,29?,30?,31-,32+,33-,36?/m0/s1. The van der Waals surface area contributed by atoms with E-state index in [1.165, 1.54) is 89.9 Å². The summed E-state index contributed by atoms with van der Waals surface area (Å²) in [4.78, 5) is 17.6. The van der Waals surface area contributed by atoms with Crippen LogP contribution in [0.3, 0.4) is 0 Å². The molecule has 5 saturated carbocycles. The van der Waals surface area contributed by atoms with E-state index in [1.54, 1.807) is 0 Å². The third-order valence-corrected chi connectivity index (χ3v) is 12.9. The normalized spacial score (nSPS) is 35.9. The lowest BCUT2D eigenvalue weighted by molar-refractivity contribution is -0.0466. The van der Waals surface area contributed by atoms with Gasteiger partial charge in [-0.2, -0.15) is 0 Å². The first-order valence-electron chi connectivity index (χ1n) is 18.7. The van der Waals surface area contributed by atoms with Gasteiger partial charge in [0.1, 0.15) is 0 Å². The predicted octanol–water partition coefficient (Wildman–Crippen LogP) is 5.05. The van der Waals surface area contributed by atoms with E-state index in [-0.39, 0.29) is 6.10 Å². The van der Waals surface area contributed by atoms with Gasteiger partial charge in [0.2, 0.25) is 0 Å². The fourth-order valence-corrected chi connectivity index (χ4v) is 10.9. The van der Waals surface area contributed by atoms with Gasteiger partial charge in [-0.25, -0.2) is 0 Å². The third-order valence-electron chi connectivity index (χ3n) is 12.9. The highest BCUT2D eigenvalue weighted by atomic mass is 16.3. The van der Waals surface area contributed by atoms with Crippen molar-refractivity contribution in [3.05, 3.63) is 0 Å². The van der Waals surface area contributed by atoms with Crippen molar-refractivity contribution in [2.45, 2.75) is 141 Å². The van der Waals surface area contributed by atoms with Gasteiger partial charge < -0.3 is 26.4 Å². The van der Waals surface area contributed by atoms with Crippen LogP contribution in [0.5, 0.6) is 0 Å². The molecule has 7 aliphatic rings. The number of nitrogens with zero attached hydrogens (tertiary/aromatic N) is 5. The largest absolute Gasteiger partial charge is 0.393 e. The van der Waals surface area contributed by atoms with Gasteiger partial charge in [0.05, 0.1) is 18.7 Å². The first kappa shape index (κ1) is 32.4. The SMILES string of the molecule is CC(C)[C@@H]1CN=C(N)N1C[C@@H]1CCCN1C[C@@H](CC1CCCCC1)N(CC[C@H](C)O)C(N)=NCC12CC3CC(CC(C3)C1)C2. The van der Waals surface area contributed by atoms with Crippen LogP contribution in [-0.4, -0.2) is 95.2 Å². The second-order valence-electron chi connectivity index (χ2n) is 16.8. The highest BCUT2D eigenvalue weighted by molar-refractivity contribution is 5.80. The molecule has 0 spiro atoms. The molecule has 8 heteroatoms. The summed E-state index contributed by atoms with van der Waals surface area (Å²) in [5.74, 6) is 5.56. The molecule has 4 atom stereocenters. The van der Waals surface area contributed by atoms with Gasteiger partial charge in [-0.1, -0.05) is 46.0 Å². The zero-order valence-electron chi connectivity index (χ0n) is 28.4. The summed E-state index contributed by atoms with van der Waals surface area (Å²) >= 11 is 0.